The number of nitrogens with zero attached hydrogens (tertiary/aromatic N) is 8. The van der Waals surface area contributed by atoms with Gasteiger partial charge in [-0.3, -0.25) is 24.2 Å². The van der Waals surface area contributed by atoms with E-state index >= 15 is 0 Å². The lowest BCUT2D eigenvalue weighted by molar-refractivity contribution is -0.127. The lowest BCUT2D eigenvalue weighted by Gasteiger charge is -2.15. The average Bonchev–Trinajstić information content (AvgIpc) is 3.93. The normalized spacial score (nSPS) is 20.3. The first kappa shape index (κ1) is 36.8. The Morgan fingerprint density at radius 1 is 0.889 bits per heavy atom. The highest BCUT2D eigenvalue weighted by molar-refractivity contribution is 6.29. The predicted octanol–water partition coefficient (Wildman–Crippen LogP) is 5.05. The van der Waals surface area contributed by atoms with Crippen LogP contribution in [0.1, 0.15) is 88.4 Å². The summed E-state index contributed by atoms with van der Waals surface area (Å²) in [7, 11) is 1.54. The lowest BCUT2D eigenvalue weighted by atomic mass is 10.00. The van der Waals surface area contributed by atoms with E-state index in [0.717, 1.165) is 67.6 Å². The van der Waals surface area contributed by atoms with Crippen molar-refractivity contribution in [1.82, 2.24) is 44.1 Å². The molecule has 0 aromatic carbocycles. The summed E-state index contributed by atoms with van der Waals surface area (Å²) in [5, 5.41) is 8.82. The van der Waals surface area contributed by atoms with Gasteiger partial charge >= 0.3 is 0 Å². The molecule has 3 N–H and O–H groups in total. The zero-order valence-electron chi connectivity index (χ0n) is 30.6. The fourth-order valence-electron chi connectivity index (χ4n) is 8.09. The molecule has 11 rings (SSSR count). The van der Waals surface area contributed by atoms with Gasteiger partial charge in [0.1, 0.15) is 5.82 Å². The molecule has 0 spiro atoms. The summed E-state index contributed by atoms with van der Waals surface area (Å²) in [6, 6.07) is 5.61. The summed E-state index contributed by atoms with van der Waals surface area (Å²) in [6.07, 6.45) is 16.1. The maximum atomic E-state index is 13.2. The third kappa shape index (κ3) is 6.74. The van der Waals surface area contributed by atoms with Crippen LogP contribution in [0.25, 0.3) is 28.0 Å². The Kier molecular flexibility index (Phi) is 9.45. The van der Waals surface area contributed by atoms with Crippen LogP contribution in [0.5, 0.6) is 5.88 Å². The van der Waals surface area contributed by atoms with E-state index < -0.39 is 0 Å². The highest BCUT2D eigenvalue weighted by Gasteiger charge is 2.59. The third-order valence-corrected chi connectivity index (χ3v) is 12.4. The zero-order chi connectivity index (χ0) is 36.6. The quantitative estimate of drug-likeness (QED) is 0.117. The van der Waals surface area contributed by atoms with Crippen LogP contribution in [0.3, 0.4) is 0 Å². The number of hydrazine groups is 1. The van der Waals surface area contributed by atoms with Crippen molar-refractivity contribution < 1.29 is 9.53 Å². The summed E-state index contributed by atoms with van der Waals surface area (Å²) in [6.45, 7) is 3.49. The highest BCUT2D eigenvalue weighted by atomic mass is 35.5. The molecule has 0 atom stereocenters. The molecule has 5 heterocycles. The summed E-state index contributed by atoms with van der Waals surface area (Å²) < 4.78 is 10.6. The van der Waals surface area contributed by atoms with Gasteiger partial charge in [-0.2, -0.15) is 4.98 Å². The first-order valence-corrected chi connectivity index (χ1v) is 19.4. The number of halogens is 2. The number of ether oxygens (including phenoxy) is 1. The Labute approximate surface area is 322 Å². The number of hydrogen-bond acceptors (Lipinski definition) is 10. The van der Waals surface area contributed by atoms with E-state index in [1.807, 2.05) is 22.1 Å². The van der Waals surface area contributed by atoms with Gasteiger partial charge in [-0.05, 0) is 125 Å². The molecule has 6 aliphatic carbocycles. The predicted molar refractivity (Wildman–Crippen MR) is 206 cm³/mol. The van der Waals surface area contributed by atoms with E-state index in [2.05, 4.69) is 31.7 Å². The number of aryl methyl sites for hydroxylation is 1. The molecule has 1 amide bonds. The Bertz CT molecular complexity index is 2390. The smallest absolute Gasteiger partial charge is 0.296 e. The van der Waals surface area contributed by atoms with Crippen molar-refractivity contribution in [3.05, 3.63) is 61.6 Å². The number of aromatic nitrogens is 8. The summed E-state index contributed by atoms with van der Waals surface area (Å²) >= 11 is 5.87. The first-order chi connectivity index (χ1) is 25.7. The maximum Gasteiger partial charge on any atom is 0.296 e. The molecule has 14 nitrogen and oxygen atoms in total. The Morgan fingerprint density at radius 2 is 1.54 bits per heavy atom. The largest absolute Gasteiger partial charge is 0.481 e. The molecule has 0 aliphatic heterocycles. The molecule has 0 unspecified atom stereocenters. The molecule has 54 heavy (non-hydrogen) atoms. The van der Waals surface area contributed by atoms with Crippen LogP contribution in [0.15, 0.2) is 34.0 Å². The van der Waals surface area contributed by atoms with E-state index in [-0.39, 0.29) is 45.4 Å². The van der Waals surface area contributed by atoms with E-state index in [0.29, 0.717) is 52.9 Å². The number of amides is 1. The number of fused-ring (bicyclic) bond motifs is 4. The minimum atomic E-state index is -0.247. The number of nitrogens with one attached hydrogen (secondary N) is 1. The highest BCUT2D eigenvalue weighted by Crippen LogP contribution is 2.62. The molecule has 6 aliphatic rings. The molecule has 16 heteroatoms. The summed E-state index contributed by atoms with van der Waals surface area (Å²) in [5.41, 5.74) is 6.57. The maximum absolute atomic E-state index is 13.2. The second-order valence-electron chi connectivity index (χ2n) is 16.2. The van der Waals surface area contributed by atoms with E-state index in [1.54, 1.807) is 16.7 Å². The van der Waals surface area contributed by atoms with Crippen molar-refractivity contribution in [2.75, 3.05) is 7.11 Å². The van der Waals surface area contributed by atoms with Crippen LogP contribution in [-0.2, 0) is 23.3 Å². The standard InChI is InChI=1S/C19H21N5O.C12H12ClN3O2.C7H12N2O.ClH/c1-11-8-14-15(20-9-11)24-16(17(25)23(14)10-12-2-3-12)21-22-18(24)19(6-7-19)13-4-5-13;1-18-9-5-4-8-11(14-9)15-10(13)12(17)16(8)6-7-2-3-7;8-9-6(10)7(3-4-7)5-1-2-5;/h8-9,12-13H,2-7,10H2,1H3;4-5,7H,2-3,6H2,1H3;5H,1-4,8H2,(H,9,10);1H. The minimum Gasteiger partial charge on any atom is -0.481 e. The SMILES string of the molecule is COc1ccc2c(n1)nc(Cl)c(=O)n2CC1CC1.Cc1cnc2c(c1)n(CC1CC1)c(=O)c1nnc(C3(C4CC4)CC3)n12.Cl.NNC(=O)C1(C2CC2)CC1. The molecule has 0 saturated heterocycles. The average molecular weight is 778 g/mol. The van der Waals surface area contributed by atoms with Gasteiger partial charge < -0.3 is 13.9 Å². The Morgan fingerprint density at radius 3 is 2.09 bits per heavy atom. The van der Waals surface area contributed by atoms with Crippen LogP contribution in [0, 0.1) is 36.0 Å². The molecule has 286 valence electrons. The number of methoxy groups -OCH3 is 1. The van der Waals surface area contributed by atoms with Crippen molar-refractivity contribution in [3.63, 3.8) is 0 Å². The summed E-state index contributed by atoms with van der Waals surface area (Å²) in [4.78, 5) is 49.3. The monoisotopic (exact) mass is 776 g/mol. The Hall–Kier alpha value is -4.14. The number of carbonyl (C=O) groups is 1. The van der Waals surface area contributed by atoms with Crippen molar-refractivity contribution in [2.24, 2.45) is 34.9 Å². The zero-order valence-corrected chi connectivity index (χ0v) is 32.2. The van der Waals surface area contributed by atoms with E-state index in [4.69, 9.17) is 27.2 Å². The van der Waals surface area contributed by atoms with Crippen molar-refractivity contribution in [2.45, 2.75) is 102 Å². The molecule has 5 aromatic rings. The molecule has 0 radical (unpaired) electrons. The van der Waals surface area contributed by atoms with Gasteiger partial charge in [0.2, 0.25) is 17.4 Å². The molecule has 6 fully saturated rings. The number of nitrogens with two attached hydrogens (primary N) is 1. The second-order valence-corrected chi connectivity index (χ2v) is 16.5. The fraction of sp³-hybridized carbons (Fsp3) is 0.579. The van der Waals surface area contributed by atoms with Gasteiger partial charge in [0.15, 0.2) is 16.4 Å². The van der Waals surface area contributed by atoms with Crippen LogP contribution in [-0.4, -0.2) is 51.7 Å². The van der Waals surface area contributed by atoms with E-state index in [9.17, 15) is 14.4 Å². The van der Waals surface area contributed by atoms with Gasteiger partial charge in [0, 0.05) is 30.8 Å². The van der Waals surface area contributed by atoms with Crippen molar-refractivity contribution in [3.8, 4) is 5.88 Å². The number of carbonyl (C=O) groups excluding carboxylic acids is 1. The van der Waals surface area contributed by atoms with Gasteiger partial charge in [-0.1, -0.05) is 11.6 Å². The van der Waals surface area contributed by atoms with E-state index in [1.165, 1.54) is 45.6 Å². The Balaban J connectivity index is 0.000000125. The topological polar surface area (TPSA) is 177 Å². The van der Waals surface area contributed by atoms with Crippen LogP contribution in [0.2, 0.25) is 5.15 Å². The molecular formula is C38H46Cl2N10O4. The van der Waals surface area contributed by atoms with Crippen molar-refractivity contribution >= 4 is 57.9 Å². The van der Waals surface area contributed by atoms with Crippen molar-refractivity contribution in [1.29, 1.82) is 0 Å². The molecule has 0 bridgehead atoms. The second kappa shape index (κ2) is 13.9. The lowest BCUT2D eigenvalue weighted by Crippen LogP contribution is -2.38. The van der Waals surface area contributed by atoms with Gasteiger partial charge in [0.25, 0.3) is 11.1 Å². The van der Waals surface area contributed by atoms with Crippen LogP contribution in [0.4, 0.5) is 0 Å². The first-order valence-electron chi connectivity index (χ1n) is 19.0. The molecular weight excluding hydrogens is 731 g/mol. The van der Waals surface area contributed by atoms with Crippen LogP contribution < -0.4 is 27.1 Å². The molecule has 6 saturated carbocycles. The minimum absolute atomic E-state index is 0. The summed E-state index contributed by atoms with van der Waals surface area (Å²) in [5.74, 6) is 9.14. The van der Waals surface area contributed by atoms with Crippen LogP contribution >= 0.6 is 24.0 Å². The number of hydrogen-bond donors (Lipinski definition) is 2. The number of rotatable bonds is 9. The molecule has 5 aromatic heterocycles. The fourth-order valence-corrected chi connectivity index (χ4v) is 8.27. The number of pyridine rings is 2. The third-order valence-electron chi connectivity index (χ3n) is 12.1. The van der Waals surface area contributed by atoms with Gasteiger partial charge in [0.05, 0.1) is 23.6 Å². The van der Waals surface area contributed by atoms with Gasteiger partial charge in [-0.15, -0.1) is 22.6 Å². The van der Waals surface area contributed by atoms with Gasteiger partial charge in [-0.25, -0.2) is 15.8 Å².